The number of hydrogen-bond donors (Lipinski definition) is 3. The fourth-order valence-electron chi connectivity index (χ4n) is 5.01. The number of nitrogens with one attached hydrogen (secondary N) is 2. The van der Waals surface area contributed by atoms with Gasteiger partial charge in [0.15, 0.2) is 0 Å². The number of ether oxygens (including phenoxy) is 3. The smallest absolute Gasteiger partial charge is 0.323 e. The molecule has 0 aliphatic heterocycles. The molecule has 0 fully saturated rings. The Bertz CT molecular complexity index is 1620. The highest BCUT2D eigenvalue weighted by Gasteiger charge is 2.36. The van der Waals surface area contributed by atoms with Crippen molar-refractivity contribution in [3.8, 4) is 5.75 Å². The topological polar surface area (TPSA) is 110 Å². The lowest BCUT2D eigenvalue weighted by molar-refractivity contribution is -0.152. The summed E-state index contributed by atoms with van der Waals surface area (Å²) < 4.78 is 17.3. The minimum atomic E-state index is -1.13. The predicted octanol–water partition coefficient (Wildman–Crippen LogP) is 5.83. The van der Waals surface area contributed by atoms with Crippen LogP contribution in [0.25, 0.3) is 10.9 Å². The van der Waals surface area contributed by atoms with Gasteiger partial charge in [0.1, 0.15) is 30.5 Å². The number of aliphatic carboxylic acids is 1. The van der Waals surface area contributed by atoms with Gasteiger partial charge in [-0.25, -0.2) is 0 Å². The second-order valence-corrected chi connectivity index (χ2v) is 10.2. The minimum Gasteiger partial charge on any atom is -0.497 e. The van der Waals surface area contributed by atoms with Crippen molar-refractivity contribution in [2.75, 3.05) is 7.11 Å². The normalized spacial score (nSPS) is 13.2. The van der Waals surface area contributed by atoms with Gasteiger partial charge >= 0.3 is 11.9 Å². The number of carboxylic acids is 1. The molecule has 5 rings (SSSR count). The molecular weight excluding hydrogens is 544 g/mol. The van der Waals surface area contributed by atoms with E-state index in [1.54, 1.807) is 25.4 Å². The number of rotatable bonds is 14. The van der Waals surface area contributed by atoms with Crippen LogP contribution in [0.2, 0.25) is 0 Å². The number of fused-ring (bicyclic) bond motifs is 1. The van der Waals surface area contributed by atoms with Crippen LogP contribution in [0.5, 0.6) is 5.75 Å². The quantitative estimate of drug-likeness (QED) is 0.112. The van der Waals surface area contributed by atoms with Crippen molar-refractivity contribution >= 4 is 22.8 Å². The number of hydrogen-bond acceptors (Lipinski definition) is 6. The summed E-state index contributed by atoms with van der Waals surface area (Å²) in [5, 5.41) is 14.6. The Morgan fingerprint density at radius 1 is 0.791 bits per heavy atom. The van der Waals surface area contributed by atoms with Crippen molar-refractivity contribution in [1.82, 2.24) is 10.3 Å². The monoisotopic (exact) mass is 578 g/mol. The minimum absolute atomic E-state index is 0.0517. The number of aromatic nitrogens is 1. The highest BCUT2D eigenvalue weighted by molar-refractivity contribution is 5.89. The number of para-hydroxylation sites is 1. The van der Waals surface area contributed by atoms with E-state index in [1.165, 1.54) is 0 Å². The molecule has 1 aromatic heterocycles. The van der Waals surface area contributed by atoms with E-state index in [9.17, 15) is 14.7 Å². The Morgan fingerprint density at radius 3 is 2.09 bits per heavy atom. The van der Waals surface area contributed by atoms with Gasteiger partial charge in [0, 0.05) is 17.1 Å². The third kappa shape index (κ3) is 7.68. The van der Waals surface area contributed by atoms with E-state index in [2.05, 4.69) is 10.3 Å². The van der Waals surface area contributed by atoms with Crippen molar-refractivity contribution in [2.45, 2.75) is 37.8 Å². The summed E-state index contributed by atoms with van der Waals surface area (Å²) in [6.07, 6.45) is 0.894. The van der Waals surface area contributed by atoms with Crippen LogP contribution >= 0.6 is 0 Å². The summed E-state index contributed by atoms with van der Waals surface area (Å²) in [5.41, 5.74) is 3.93. The molecule has 0 amide bonds. The van der Waals surface area contributed by atoms with Gasteiger partial charge in [-0.3, -0.25) is 14.9 Å². The first-order chi connectivity index (χ1) is 21.0. The molecule has 43 heavy (non-hydrogen) atoms. The van der Waals surface area contributed by atoms with Gasteiger partial charge in [-0.05, 0) is 46.9 Å². The van der Waals surface area contributed by atoms with Crippen molar-refractivity contribution in [3.63, 3.8) is 0 Å². The molecule has 0 spiro atoms. The first kappa shape index (κ1) is 29.6. The number of esters is 1. The van der Waals surface area contributed by atoms with E-state index in [4.69, 9.17) is 14.2 Å². The van der Waals surface area contributed by atoms with Crippen LogP contribution in [-0.4, -0.2) is 41.4 Å². The van der Waals surface area contributed by atoms with Crippen LogP contribution in [0.4, 0.5) is 0 Å². The van der Waals surface area contributed by atoms with Crippen LogP contribution < -0.4 is 10.1 Å². The lowest BCUT2D eigenvalue weighted by Crippen LogP contribution is -2.50. The molecule has 8 heteroatoms. The van der Waals surface area contributed by atoms with E-state index in [0.717, 1.165) is 27.6 Å². The van der Waals surface area contributed by atoms with E-state index in [1.807, 2.05) is 97.1 Å². The fraction of sp³-hybridized carbons (Fsp3) is 0.200. The summed E-state index contributed by atoms with van der Waals surface area (Å²) in [7, 11) is 1.59. The molecule has 0 radical (unpaired) electrons. The molecule has 0 saturated carbocycles. The van der Waals surface area contributed by atoms with Crippen molar-refractivity contribution < 1.29 is 28.9 Å². The van der Waals surface area contributed by atoms with Crippen molar-refractivity contribution in [1.29, 1.82) is 0 Å². The summed E-state index contributed by atoms with van der Waals surface area (Å²) in [6, 6.07) is 32.9. The van der Waals surface area contributed by atoms with Gasteiger partial charge in [-0.2, -0.15) is 0 Å². The third-order valence-corrected chi connectivity index (χ3v) is 7.27. The highest BCUT2D eigenvalue weighted by Crippen LogP contribution is 2.30. The van der Waals surface area contributed by atoms with Gasteiger partial charge in [-0.15, -0.1) is 0 Å². The third-order valence-electron chi connectivity index (χ3n) is 7.27. The van der Waals surface area contributed by atoms with Gasteiger partial charge in [0.2, 0.25) is 0 Å². The largest absolute Gasteiger partial charge is 0.497 e. The van der Waals surface area contributed by atoms with Crippen LogP contribution in [0.1, 0.15) is 28.2 Å². The molecule has 3 N–H and O–H groups in total. The zero-order valence-electron chi connectivity index (χ0n) is 23.8. The number of carbonyl (C=O) groups excluding carboxylic acids is 1. The van der Waals surface area contributed by atoms with Crippen molar-refractivity contribution in [2.24, 2.45) is 0 Å². The van der Waals surface area contributed by atoms with Crippen LogP contribution in [0.15, 0.2) is 115 Å². The molecule has 1 unspecified atom stereocenters. The Labute approximate surface area is 250 Å². The first-order valence-electron chi connectivity index (χ1n) is 14.1. The number of methoxy groups -OCH3 is 1. The number of aromatic amines is 1. The average Bonchev–Trinajstić information content (AvgIpc) is 3.46. The summed E-state index contributed by atoms with van der Waals surface area (Å²) in [5.74, 6) is -2.03. The van der Waals surface area contributed by atoms with Gasteiger partial charge in [0.05, 0.1) is 13.7 Å². The Kier molecular flexibility index (Phi) is 9.84. The Hall–Kier alpha value is -4.92. The lowest BCUT2D eigenvalue weighted by atomic mass is 9.95. The second kappa shape index (κ2) is 14.3. The zero-order valence-corrected chi connectivity index (χ0v) is 23.8. The SMILES string of the molecule is COc1ccc(COC(=O)[C@H](Cc2ccccc2)N[C@@H](OCc2ccccc2)C(C(=O)O)c2c[nH]c3ccccc23)cc1. The molecule has 0 aliphatic carbocycles. The molecule has 1 heterocycles. The Morgan fingerprint density at radius 2 is 1.42 bits per heavy atom. The van der Waals surface area contributed by atoms with E-state index in [0.29, 0.717) is 11.3 Å². The van der Waals surface area contributed by atoms with E-state index < -0.39 is 30.1 Å². The number of H-pyrrole nitrogens is 1. The molecule has 4 aromatic carbocycles. The second-order valence-electron chi connectivity index (χ2n) is 10.2. The van der Waals surface area contributed by atoms with Gasteiger partial charge in [-0.1, -0.05) is 91.0 Å². The van der Waals surface area contributed by atoms with Crippen molar-refractivity contribution in [3.05, 3.63) is 138 Å². The number of carboxylic acid groups (broad SMARTS) is 1. The molecule has 8 nitrogen and oxygen atoms in total. The van der Waals surface area contributed by atoms with E-state index in [-0.39, 0.29) is 19.6 Å². The number of benzene rings is 4. The van der Waals surface area contributed by atoms with Crippen LogP contribution in [-0.2, 0) is 38.7 Å². The zero-order chi connectivity index (χ0) is 30.0. The summed E-state index contributed by atoms with van der Waals surface area (Å²) in [6.45, 7) is 0.194. The molecule has 220 valence electrons. The summed E-state index contributed by atoms with van der Waals surface area (Å²) in [4.78, 5) is 29.7. The van der Waals surface area contributed by atoms with Gasteiger partial charge in [0.25, 0.3) is 0 Å². The highest BCUT2D eigenvalue weighted by atomic mass is 16.5. The average molecular weight is 579 g/mol. The lowest BCUT2D eigenvalue weighted by Gasteiger charge is -2.29. The molecule has 0 bridgehead atoms. The summed E-state index contributed by atoms with van der Waals surface area (Å²) >= 11 is 0. The maximum absolute atomic E-state index is 13.6. The first-order valence-corrected chi connectivity index (χ1v) is 14.1. The standard InChI is InChI=1S/C35H34N2O6/c1-41-27-18-16-26(17-19-27)23-43-35(40)31(20-24-10-4-2-5-11-24)37-33(42-22-25-12-6-3-7-13-25)32(34(38)39)29-21-36-30-15-9-8-14-28(29)30/h2-19,21,31-33,36-37H,20,22-23H2,1H3,(H,38,39)/t31-,32?,33-/m0/s1. The predicted molar refractivity (Wildman–Crippen MR) is 164 cm³/mol. The Balaban J connectivity index is 1.45. The van der Waals surface area contributed by atoms with Gasteiger partial charge < -0.3 is 24.3 Å². The molecule has 3 atom stereocenters. The maximum Gasteiger partial charge on any atom is 0.323 e. The molecule has 0 aliphatic rings. The van der Waals surface area contributed by atoms with Crippen LogP contribution in [0, 0.1) is 0 Å². The number of carbonyl (C=O) groups is 2. The molecule has 5 aromatic rings. The molecule has 0 saturated heterocycles. The maximum atomic E-state index is 13.6. The molecular formula is C35H34N2O6. The van der Waals surface area contributed by atoms with Crippen LogP contribution in [0.3, 0.4) is 0 Å². The van der Waals surface area contributed by atoms with E-state index >= 15 is 0 Å². The fourth-order valence-corrected chi connectivity index (χ4v) is 5.01.